The molecular formula is C14H32N2O2. The highest BCUT2D eigenvalue weighted by Crippen LogP contribution is 2.07. The normalized spacial score (nSPS) is 15.0. The molecule has 0 aromatic heterocycles. The Hall–Kier alpha value is -0.160. The molecule has 4 heteroatoms. The molecule has 2 atom stereocenters. The van der Waals surface area contributed by atoms with Crippen LogP contribution in [0.2, 0.25) is 0 Å². The third kappa shape index (κ3) is 7.31. The van der Waals surface area contributed by atoms with E-state index in [1.807, 2.05) is 20.9 Å². The van der Waals surface area contributed by atoms with E-state index in [9.17, 15) is 0 Å². The van der Waals surface area contributed by atoms with Crippen molar-refractivity contribution in [1.82, 2.24) is 10.2 Å². The van der Waals surface area contributed by atoms with Crippen LogP contribution in [-0.2, 0) is 9.47 Å². The molecule has 0 rings (SSSR count). The fourth-order valence-electron chi connectivity index (χ4n) is 2.21. The Morgan fingerprint density at radius 1 is 1.00 bits per heavy atom. The Balaban J connectivity index is 4.22. The van der Waals surface area contributed by atoms with Gasteiger partial charge in [-0.25, -0.2) is 0 Å². The topological polar surface area (TPSA) is 33.7 Å². The van der Waals surface area contributed by atoms with Crippen LogP contribution in [0.5, 0.6) is 0 Å². The van der Waals surface area contributed by atoms with Crippen molar-refractivity contribution in [2.75, 3.05) is 46.6 Å². The minimum absolute atomic E-state index is 0.501. The zero-order valence-corrected chi connectivity index (χ0v) is 12.9. The van der Waals surface area contributed by atoms with Crippen LogP contribution in [0.3, 0.4) is 0 Å². The average molecular weight is 260 g/mol. The minimum atomic E-state index is 0.501. The van der Waals surface area contributed by atoms with Gasteiger partial charge in [-0.05, 0) is 34.2 Å². The summed E-state index contributed by atoms with van der Waals surface area (Å²) < 4.78 is 10.9. The summed E-state index contributed by atoms with van der Waals surface area (Å²) in [6, 6.07) is 1.02. The van der Waals surface area contributed by atoms with Crippen molar-refractivity contribution in [1.29, 1.82) is 0 Å². The second kappa shape index (κ2) is 11.9. The quantitative estimate of drug-likeness (QED) is 0.542. The molecule has 0 aliphatic rings. The molecule has 1 N–H and O–H groups in total. The van der Waals surface area contributed by atoms with Crippen LogP contribution in [0.4, 0.5) is 0 Å². The molecule has 0 heterocycles. The maximum Gasteiger partial charge on any atom is 0.0593 e. The second-order valence-corrected chi connectivity index (χ2v) is 4.47. The Morgan fingerprint density at radius 3 is 1.83 bits per heavy atom. The van der Waals surface area contributed by atoms with Gasteiger partial charge in [0.2, 0.25) is 0 Å². The van der Waals surface area contributed by atoms with E-state index in [4.69, 9.17) is 9.47 Å². The SMILES string of the molecule is CCOCCN(CCOCC)C(C)C(CC)NC. The molecule has 18 heavy (non-hydrogen) atoms. The predicted octanol–water partition coefficient (Wildman–Crippen LogP) is 1.75. The molecule has 110 valence electrons. The molecule has 0 aromatic rings. The number of nitrogens with zero attached hydrogens (tertiary/aromatic N) is 1. The van der Waals surface area contributed by atoms with Crippen molar-refractivity contribution in [2.45, 2.75) is 46.2 Å². The number of nitrogens with one attached hydrogen (secondary N) is 1. The van der Waals surface area contributed by atoms with E-state index in [-0.39, 0.29) is 0 Å². The third-order valence-electron chi connectivity index (χ3n) is 3.42. The number of rotatable bonds is 12. The first-order chi connectivity index (χ1) is 8.71. The molecule has 0 fully saturated rings. The van der Waals surface area contributed by atoms with E-state index in [0.29, 0.717) is 12.1 Å². The van der Waals surface area contributed by atoms with E-state index in [0.717, 1.165) is 45.9 Å². The van der Waals surface area contributed by atoms with Gasteiger partial charge in [0.25, 0.3) is 0 Å². The van der Waals surface area contributed by atoms with E-state index in [1.54, 1.807) is 0 Å². The van der Waals surface area contributed by atoms with Gasteiger partial charge in [0.1, 0.15) is 0 Å². The molecule has 4 nitrogen and oxygen atoms in total. The highest BCUT2D eigenvalue weighted by atomic mass is 16.5. The molecular weight excluding hydrogens is 228 g/mol. The van der Waals surface area contributed by atoms with Gasteiger partial charge in [-0.15, -0.1) is 0 Å². The number of likely N-dealkylation sites (N-methyl/N-ethyl adjacent to an activating group) is 1. The smallest absolute Gasteiger partial charge is 0.0593 e. The number of hydrogen-bond donors (Lipinski definition) is 1. The molecule has 0 saturated carbocycles. The van der Waals surface area contributed by atoms with Gasteiger partial charge in [-0.3, -0.25) is 4.90 Å². The molecule has 0 aliphatic heterocycles. The van der Waals surface area contributed by atoms with Crippen LogP contribution in [0.25, 0.3) is 0 Å². The van der Waals surface area contributed by atoms with Gasteiger partial charge >= 0.3 is 0 Å². The zero-order chi connectivity index (χ0) is 13.8. The molecule has 0 aliphatic carbocycles. The largest absolute Gasteiger partial charge is 0.380 e. The lowest BCUT2D eigenvalue weighted by molar-refractivity contribution is 0.0574. The van der Waals surface area contributed by atoms with Gasteiger partial charge in [0, 0.05) is 38.4 Å². The summed E-state index contributed by atoms with van der Waals surface area (Å²) in [5, 5.41) is 3.39. The average Bonchev–Trinajstić information content (AvgIpc) is 2.38. The number of ether oxygens (including phenoxy) is 2. The van der Waals surface area contributed by atoms with Crippen molar-refractivity contribution in [3.63, 3.8) is 0 Å². The standard InChI is InChI=1S/C14H32N2O2/c1-6-14(15-5)13(4)16(9-11-17-7-2)10-12-18-8-3/h13-15H,6-12H2,1-5H3. The Kier molecular flexibility index (Phi) is 11.8. The number of hydrogen-bond acceptors (Lipinski definition) is 4. The molecule has 0 aromatic carbocycles. The first-order valence-corrected chi connectivity index (χ1v) is 7.27. The lowest BCUT2D eigenvalue weighted by Crippen LogP contribution is -2.49. The fraction of sp³-hybridized carbons (Fsp3) is 1.00. The molecule has 0 bridgehead atoms. The van der Waals surface area contributed by atoms with Gasteiger partial charge in [0.15, 0.2) is 0 Å². The summed E-state index contributed by atoms with van der Waals surface area (Å²) in [4.78, 5) is 2.45. The summed E-state index contributed by atoms with van der Waals surface area (Å²) in [6.07, 6.45) is 1.14. The van der Waals surface area contributed by atoms with Crippen molar-refractivity contribution in [3.8, 4) is 0 Å². The van der Waals surface area contributed by atoms with Gasteiger partial charge in [-0.2, -0.15) is 0 Å². The van der Waals surface area contributed by atoms with E-state index >= 15 is 0 Å². The van der Waals surface area contributed by atoms with Gasteiger partial charge < -0.3 is 14.8 Å². The summed E-state index contributed by atoms with van der Waals surface area (Å²) in [5.74, 6) is 0. The van der Waals surface area contributed by atoms with Crippen molar-refractivity contribution < 1.29 is 9.47 Å². The summed E-state index contributed by atoms with van der Waals surface area (Å²) >= 11 is 0. The van der Waals surface area contributed by atoms with Crippen LogP contribution < -0.4 is 5.32 Å². The maximum atomic E-state index is 5.46. The monoisotopic (exact) mass is 260 g/mol. The van der Waals surface area contributed by atoms with E-state index < -0.39 is 0 Å². The van der Waals surface area contributed by atoms with Gasteiger partial charge in [0.05, 0.1) is 13.2 Å². The lowest BCUT2D eigenvalue weighted by atomic mass is 10.1. The summed E-state index contributed by atoms with van der Waals surface area (Å²) in [6.45, 7) is 13.7. The molecule has 0 radical (unpaired) electrons. The Bertz CT molecular complexity index is 165. The van der Waals surface area contributed by atoms with Crippen molar-refractivity contribution in [3.05, 3.63) is 0 Å². The van der Waals surface area contributed by atoms with Crippen LogP contribution in [0, 0.1) is 0 Å². The van der Waals surface area contributed by atoms with Crippen molar-refractivity contribution in [2.24, 2.45) is 0 Å². The fourth-order valence-corrected chi connectivity index (χ4v) is 2.21. The first kappa shape index (κ1) is 17.8. The highest BCUT2D eigenvalue weighted by molar-refractivity contribution is 4.79. The van der Waals surface area contributed by atoms with E-state index in [2.05, 4.69) is 24.1 Å². The minimum Gasteiger partial charge on any atom is -0.380 e. The zero-order valence-electron chi connectivity index (χ0n) is 12.9. The summed E-state index contributed by atoms with van der Waals surface area (Å²) in [5.41, 5.74) is 0. The van der Waals surface area contributed by atoms with Gasteiger partial charge in [-0.1, -0.05) is 6.92 Å². The molecule has 2 unspecified atom stereocenters. The Labute approximate surface area is 113 Å². The molecule has 0 spiro atoms. The third-order valence-corrected chi connectivity index (χ3v) is 3.42. The predicted molar refractivity (Wildman–Crippen MR) is 77.2 cm³/mol. The van der Waals surface area contributed by atoms with Crippen molar-refractivity contribution >= 4 is 0 Å². The van der Waals surface area contributed by atoms with Crippen LogP contribution >= 0.6 is 0 Å². The van der Waals surface area contributed by atoms with E-state index in [1.165, 1.54) is 0 Å². The second-order valence-electron chi connectivity index (χ2n) is 4.47. The van der Waals surface area contributed by atoms with Crippen LogP contribution in [-0.4, -0.2) is 63.5 Å². The molecule has 0 saturated heterocycles. The van der Waals surface area contributed by atoms with Crippen LogP contribution in [0.1, 0.15) is 34.1 Å². The van der Waals surface area contributed by atoms with Crippen LogP contribution in [0.15, 0.2) is 0 Å². The first-order valence-electron chi connectivity index (χ1n) is 7.27. The summed E-state index contributed by atoms with van der Waals surface area (Å²) in [7, 11) is 2.04. The maximum absolute atomic E-state index is 5.46. The highest BCUT2D eigenvalue weighted by Gasteiger charge is 2.20. The Morgan fingerprint density at radius 2 is 1.50 bits per heavy atom. The lowest BCUT2D eigenvalue weighted by Gasteiger charge is -2.34. The molecule has 0 amide bonds.